The van der Waals surface area contributed by atoms with Crippen LogP contribution in [0.3, 0.4) is 0 Å². The first-order valence-electron chi connectivity index (χ1n) is 15.1. The second-order valence-corrected chi connectivity index (χ2v) is 13.0. The van der Waals surface area contributed by atoms with E-state index in [-0.39, 0.29) is 18.4 Å². The van der Waals surface area contributed by atoms with Crippen LogP contribution in [0.1, 0.15) is 84.0 Å². The molecule has 6 N–H and O–H groups in total. The minimum atomic E-state index is -1.42. The number of carbonyl (C=O) groups excluding carboxylic acids is 3. The molecule has 1 aromatic heterocycles. The van der Waals surface area contributed by atoms with Crippen molar-refractivity contribution in [3.8, 4) is 0 Å². The second-order valence-electron chi connectivity index (χ2n) is 13.0. The Morgan fingerprint density at radius 2 is 1.88 bits per heavy atom. The molecular formula is C30H46N6O7. The third kappa shape index (κ3) is 7.63. The average molecular weight is 603 g/mol. The van der Waals surface area contributed by atoms with Gasteiger partial charge in [-0.2, -0.15) is 4.99 Å². The van der Waals surface area contributed by atoms with Crippen molar-refractivity contribution < 1.29 is 33.7 Å². The number of urea groups is 1. The van der Waals surface area contributed by atoms with E-state index in [2.05, 4.69) is 15.0 Å². The number of aliphatic imine (C=N–C) groups is 2. The van der Waals surface area contributed by atoms with Crippen LogP contribution in [0.5, 0.6) is 0 Å². The number of amides is 2. The Kier molecular flexibility index (Phi) is 10.3. The van der Waals surface area contributed by atoms with Crippen molar-refractivity contribution in [3.05, 3.63) is 23.5 Å². The highest BCUT2D eigenvalue weighted by Gasteiger charge is 2.56. The standard InChI is InChI=1S/C30H46N6O7/c1-29(2,3)24(32)27(39)42-23-20(16-41-22(37)15-18-9-5-6-10-18)43-30(4,25(23)38)21-12-11-19(34-21)26(33-17-31)35-28(40)36-13-7-8-14-36/h11-12,17-18,20,23-25,34,38H,5-10,13-16,32H2,1-4H3,(H2,31,33,35,40)/t20-,23-,24-,25-,30+/m1/s1. The summed E-state index contributed by atoms with van der Waals surface area (Å²) >= 11 is 0. The van der Waals surface area contributed by atoms with Crippen molar-refractivity contribution in [3.63, 3.8) is 0 Å². The highest BCUT2D eigenvalue weighted by molar-refractivity contribution is 6.06. The molecule has 0 radical (unpaired) electrons. The number of amidine groups is 1. The SMILES string of the molecule is CC(C)(C)[C@H](N)C(=O)O[C@H]1[C@@H](O)[C@](C)(c2ccc(/C(N=CN)=N/C(=O)N3CCCC3)[nH]2)O[C@@H]1COC(=O)CC1CCCC1. The summed E-state index contributed by atoms with van der Waals surface area (Å²) in [6.45, 7) is 8.10. The Balaban J connectivity index is 1.56. The lowest BCUT2D eigenvalue weighted by Crippen LogP contribution is -2.48. The van der Waals surface area contributed by atoms with E-state index in [4.69, 9.17) is 25.7 Å². The van der Waals surface area contributed by atoms with Crippen molar-refractivity contribution >= 4 is 30.1 Å². The molecule has 4 rings (SSSR count). The average Bonchev–Trinajstić information content (AvgIpc) is 3.77. The number of nitrogens with one attached hydrogen (secondary N) is 1. The summed E-state index contributed by atoms with van der Waals surface area (Å²) in [6, 6.07) is 1.93. The van der Waals surface area contributed by atoms with Crippen molar-refractivity contribution in [2.45, 2.75) is 103 Å². The van der Waals surface area contributed by atoms with Crippen LogP contribution in [0.25, 0.3) is 0 Å². The monoisotopic (exact) mass is 602 g/mol. The Hall–Kier alpha value is -3.29. The van der Waals surface area contributed by atoms with Gasteiger partial charge in [-0.05, 0) is 56.1 Å². The van der Waals surface area contributed by atoms with E-state index in [0.29, 0.717) is 36.8 Å². The largest absolute Gasteiger partial charge is 0.463 e. The maximum Gasteiger partial charge on any atom is 0.345 e. The molecule has 13 nitrogen and oxygen atoms in total. The number of H-pyrrole nitrogens is 1. The lowest BCUT2D eigenvalue weighted by molar-refractivity contribution is -0.163. The zero-order valence-electron chi connectivity index (χ0n) is 25.6. The van der Waals surface area contributed by atoms with E-state index in [9.17, 15) is 19.5 Å². The molecule has 1 aliphatic carbocycles. The fraction of sp³-hybridized carbons (Fsp3) is 0.700. The van der Waals surface area contributed by atoms with Gasteiger partial charge in [0.1, 0.15) is 30.5 Å². The number of nitrogens with two attached hydrogens (primary N) is 2. The number of hydrogen-bond acceptors (Lipinski definition) is 8. The minimum absolute atomic E-state index is 0.0678. The highest BCUT2D eigenvalue weighted by Crippen LogP contribution is 2.41. The molecule has 2 saturated heterocycles. The van der Waals surface area contributed by atoms with Gasteiger partial charge < -0.3 is 40.7 Å². The quantitative estimate of drug-likeness (QED) is 0.196. The summed E-state index contributed by atoms with van der Waals surface area (Å²) in [5, 5.41) is 11.6. The topological polar surface area (TPSA) is 195 Å². The smallest absolute Gasteiger partial charge is 0.345 e. The van der Waals surface area contributed by atoms with E-state index in [1.807, 2.05) is 20.8 Å². The fourth-order valence-electron chi connectivity index (χ4n) is 5.82. The van der Waals surface area contributed by atoms with Crippen LogP contribution < -0.4 is 11.5 Å². The molecule has 0 unspecified atom stereocenters. The molecule has 2 amide bonds. The van der Waals surface area contributed by atoms with E-state index < -0.39 is 47.4 Å². The molecule has 3 aliphatic rings. The van der Waals surface area contributed by atoms with Crippen LogP contribution in [0, 0.1) is 11.3 Å². The number of aliphatic hydroxyl groups excluding tert-OH is 1. The summed E-state index contributed by atoms with van der Waals surface area (Å²) in [5.74, 6) is -0.697. The maximum atomic E-state index is 13.0. The van der Waals surface area contributed by atoms with Gasteiger partial charge in [-0.3, -0.25) is 9.59 Å². The molecule has 1 saturated carbocycles. The number of esters is 2. The number of rotatable bonds is 8. The molecule has 2 aliphatic heterocycles. The van der Waals surface area contributed by atoms with Crippen LogP contribution in [-0.4, -0.2) is 89.2 Å². The molecule has 1 aromatic rings. The number of likely N-dealkylation sites (tertiary alicyclic amines) is 1. The van der Waals surface area contributed by atoms with Crippen LogP contribution in [0.4, 0.5) is 4.79 Å². The van der Waals surface area contributed by atoms with Gasteiger partial charge in [-0.25, -0.2) is 9.79 Å². The zero-order valence-corrected chi connectivity index (χ0v) is 25.6. The van der Waals surface area contributed by atoms with Crippen LogP contribution in [0.15, 0.2) is 22.1 Å². The number of aromatic amines is 1. The second kappa shape index (κ2) is 13.6. The molecule has 43 heavy (non-hydrogen) atoms. The zero-order chi connectivity index (χ0) is 31.4. The van der Waals surface area contributed by atoms with Crippen molar-refractivity contribution in [1.29, 1.82) is 0 Å². The number of ether oxygens (including phenoxy) is 3. The van der Waals surface area contributed by atoms with E-state index in [0.717, 1.165) is 44.9 Å². The summed E-state index contributed by atoms with van der Waals surface area (Å²) in [4.78, 5) is 51.3. The van der Waals surface area contributed by atoms with Crippen molar-refractivity contribution in [1.82, 2.24) is 9.88 Å². The summed E-state index contributed by atoms with van der Waals surface area (Å²) in [5.41, 5.74) is 10.5. The first-order valence-corrected chi connectivity index (χ1v) is 15.1. The maximum absolute atomic E-state index is 13.0. The first-order chi connectivity index (χ1) is 20.3. The van der Waals surface area contributed by atoms with Gasteiger partial charge in [0.15, 0.2) is 11.9 Å². The van der Waals surface area contributed by atoms with Gasteiger partial charge in [-0.15, -0.1) is 0 Å². The van der Waals surface area contributed by atoms with E-state index >= 15 is 0 Å². The lowest BCUT2D eigenvalue weighted by Gasteiger charge is -2.29. The molecule has 3 heterocycles. The summed E-state index contributed by atoms with van der Waals surface area (Å²) < 4.78 is 17.6. The normalized spacial score (nSPS) is 27.6. The van der Waals surface area contributed by atoms with Gasteiger partial charge >= 0.3 is 18.0 Å². The predicted octanol–water partition coefficient (Wildman–Crippen LogP) is 2.35. The molecule has 0 bridgehead atoms. The molecule has 3 fully saturated rings. The van der Waals surface area contributed by atoms with Crippen LogP contribution in [-0.2, 0) is 29.4 Å². The lowest BCUT2D eigenvalue weighted by atomic mass is 9.87. The highest BCUT2D eigenvalue weighted by atomic mass is 16.6. The molecule has 0 spiro atoms. The number of aliphatic hydroxyl groups is 1. The molecule has 5 atom stereocenters. The molecule has 0 aromatic carbocycles. The number of carbonyl (C=O) groups is 3. The first kappa shape index (κ1) is 32.6. The van der Waals surface area contributed by atoms with Gasteiger partial charge in [0.2, 0.25) is 0 Å². The van der Waals surface area contributed by atoms with Gasteiger partial charge in [0.25, 0.3) is 0 Å². The minimum Gasteiger partial charge on any atom is -0.463 e. The van der Waals surface area contributed by atoms with Gasteiger partial charge in [0.05, 0.1) is 17.7 Å². The van der Waals surface area contributed by atoms with Gasteiger partial charge in [0, 0.05) is 19.5 Å². The third-order valence-corrected chi connectivity index (χ3v) is 8.65. The van der Waals surface area contributed by atoms with Crippen molar-refractivity contribution in [2.24, 2.45) is 32.8 Å². The van der Waals surface area contributed by atoms with Crippen LogP contribution >= 0.6 is 0 Å². The molecule has 13 heteroatoms. The molecule has 238 valence electrons. The Bertz CT molecular complexity index is 1210. The third-order valence-electron chi connectivity index (χ3n) is 8.65. The van der Waals surface area contributed by atoms with Crippen molar-refractivity contribution in [2.75, 3.05) is 19.7 Å². The Morgan fingerprint density at radius 3 is 2.51 bits per heavy atom. The molecular weight excluding hydrogens is 556 g/mol. The number of nitrogens with zero attached hydrogens (tertiary/aromatic N) is 3. The summed E-state index contributed by atoms with van der Waals surface area (Å²) in [6.07, 6.45) is 3.88. The summed E-state index contributed by atoms with van der Waals surface area (Å²) in [7, 11) is 0. The Morgan fingerprint density at radius 1 is 1.21 bits per heavy atom. The fourth-order valence-corrected chi connectivity index (χ4v) is 5.82. The number of aromatic nitrogens is 1. The van der Waals surface area contributed by atoms with Crippen LogP contribution in [0.2, 0.25) is 0 Å². The van der Waals surface area contributed by atoms with Gasteiger partial charge in [-0.1, -0.05) is 33.6 Å². The predicted molar refractivity (Wildman–Crippen MR) is 159 cm³/mol. The van der Waals surface area contributed by atoms with E-state index in [1.165, 1.54) is 0 Å². The Labute approximate surface area is 252 Å². The van der Waals surface area contributed by atoms with E-state index in [1.54, 1.807) is 24.0 Å². The number of hydrogen-bond donors (Lipinski definition) is 4.